The van der Waals surface area contributed by atoms with Crippen molar-refractivity contribution in [1.82, 2.24) is 0 Å². The first kappa shape index (κ1) is 21.9. The summed E-state index contributed by atoms with van der Waals surface area (Å²) in [6, 6.07) is 52.1. The summed E-state index contributed by atoms with van der Waals surface area (Å²) in [6.07, 6.45) is 0. The van der Waals surface area contributed by atoms with Crippen LogP contribution in [0.2, 0.25) is 0 Å². The van der Waals surface area contributed by atoms with Gasteiger partial charge in [0.2, 0.25) is 0 Å². The van der Waals surface area contributed by atoms with E-state index < -0.39 is 0 Å². The maximum Gasteiger partial charge on any atom is 0.135 e. The number of furan rings is 1. The number of para-hydroxylation sites is 1. The summed E-state index contributed by atoms with van der Waals surface area (Å²) in [7, 11) is 0. The highest BCUT2D eigenvalue weighted by Crippen LogP contribution is 2.46. The summed E-state index contributed by atoms with van der Waals surface area (Å²) in [6.45, 7) is 0. The lowest BCUT2D eigenvalue weighted by molar-refractivity contribution is 0.669. The van der Waals surface area contributed by atoms with Gasteiger partial charge in [0.15, 0.2) is 0 Å². The van der Waals surface area contributed by atoms with Gasteiger partial charge in [0.25, 0.3) is 0 Å². The van der Waals surface area contributed by atoms with Crippen LogP contribution in [-0.4, -0.2) is 0 Å². The fourth-order valence-corrected chi connectivity index (χ4v) is 6.18. The van der Waals surface area contributed by atoms with Crippen molar-refractivity contribution in [2.75, 3.05) is 0 Å². The molecule has 39 heavy (non-hydrogen) atoms. The van der Waals surface area contributed by atoms with Gasteiger partial charge in [-0.05, 0) is 73.1 Å². The van der Waals surface area contributed by atoms with Crippen LogP contribution in [0, 0.1) is 0 Å². The molecule has 0 aliphatic carbocycles. The molecule has 0 spiro atoms. The van der Waals surface area contributed by atoms with Crippen molar-refractivity contribution >= 4 is 43.5 Å². The molecular formula is C38H24O. The minimum Gasteiger partial charge on any atom is -0.456 e. The summed E-state index contributed by atoms with van der Waals surface area (Å²) in [5, 5.41) is 7.31. The first-order chi connectivity index (χ1) is 19.4. The van der Waals surface area contributed by atoms with Gasteiger partial charge in [0.1, 0.15) is 11.2 Å². The van der Waals surface area contributed by atoms with E-state index in [1.165, 1.54) is 54.9 Å². The maximum absolute atomic E-state index is 6.15. The molecule has 0 radical (unpaired) electrons. The van der Waals surface area contributed by atoms with E-state index in [0.717, 1.165) is 21.9 Å². The van der Waals surface area contributed by atoms with Crippen LogP contribution in [0.4, 0.5) is 0 Å². The molecule has 0 saturated carbocycles. The third-order valence-corrected chi connectivity index (χ3v) is 7.88. The van der Waals surface area contributed by atoms with Crippen LogP contribution in [0.5, 0.6) is 0 Å². The van der Waals surface area contributed by atoms with Gasteiger partial charge in [-0.1, -0.05) is 127 Å². The number of benzene rings is 7. The SMILES string of the molecule is c1ccc(-c2ccccc2-c2c3ccccc3c(-c3ccc4oc5ccccc5c4c3)c3ccccc23)cc1. The van der Waals surface area contributed by atoms with E-state index in [1.54, 1.807) is 0 Å². The van der Waals surface area contributed by atoms with Gasteiger partial charge in [-0.3, -0.25) is 0 Å². The second-order valence-corrected chi connectivity index (χ2v) is 10.1. The van der Waals surface area contributed by atoms with Crippen molar-refractivity contribution in [1.29, 1.82) is 0 Å². The minimum atomic E-state index is 0.918. The largest absolute Gasteiger partial charge is 0.456 e. The Kier molecular flexibility index (Phi) is 4.89. The Morgan fingerprint density at radius 1 is 0.308 bits per heavy atom. The third-order valence-electron chi connectivity index (χ3n) is 7.88. The normalized spacial score (nSPS) is 11.6. The lowest BCUT2D eigenvalue weighted by Crippen LogP contribution is -1.92. The van der Waals surface area contributed by atoms with Gasteiger partial charge < -0.3 is 4.42 Å². The Labute approximate surface area is 226 Å². The zero-order chi connectivity index (χ0) is 25.8. The van der Waals surface area contributed by atoms with Crippen LogP contribution >= 0.6 is 0 Å². The quantitative estimate of drug-likeness (QED) is 0.222. The van der Waals surface area contributed by atoms with E-state index in [-0.39, 0.29) is 0 Å². The van der Waals surface area contributed by atoms with E-state index in [9.17, 15) is 0 Å². The molecular weight excluding hydrogens is 472 g/mol. The Balaban J connectivity index is 1.48. The molecule has 0 aliphatic heterocycles. The molecule has 0 amide bonds. The van der Waals surface area contributed by atoms with Crippen molar-refractivity contribution in [2.24, 2.45) is 0 Å². The zero-order valence-electron chi connectivity index (χ0n) is 21.3. The van der Waals surface area contributed by atoms with Crippen LogP contribution in [0.3, 0.4) is 0 Å². The maximum atomic E-state index is 6.15. The Morgan fingerprint density at radius 3 is 1.51 bits per heavy atom. The fourth-order valence-electron chi connectivity index (χ4n) is 6.18. The molecule has 1 nitrogen and oxygen atoms in total. The zero-order valence-corrected chi connectivity index (χ0v) is 21.3. The Morgan fingerprint density at radius 2 is 0.821 bits per heavy atom. The van der Waals surface area contributed by atoms with Crippen LogP contribution in [0.1, 0.15) is 0 Å². The summed E-state index contributed by atoms with van der Waals surface area (Å²) in [5.41, 5.74) is 9.29. The van der Waals surface area contributed by atoms with Crippen LogP contribution in [0.25, 0.3) is 76.9 Å². The van der Waals surface area contributed by atoms with Gasteiger partial charge in [-0.25, -0.2) is 0 Å². The predicted molar refractivity (Wildman–Crippen MR) is 165 cm³/mol. The van der Waals surface area contributed by atoms with E-state index in [2.05, 4.69) is 133 Å². The highest BCUT2D eigenvalue weighted by Gasteiger charge is 2.19. The standard InChI is InChI=1S/C38H24O/c1-2-12-25(13-3-1)27-14-4-5-16-29(27)38-32-19-8-6-17-30(32)37(31-18-7-9-20-33(31)38)26-22-23-36-34(24-26)28-15-10-11-21-35(28)39-36/h1-24H. The molecule has 8 aromatic rings. The molecule has 0 bridgehead atoms. The molecule has 0 aliphatic rings. The minimum absolute atomic E-state index is 0.918. The molecule has 1 heteroatoms. The second kappa shape index (κ2) is 8.72. The average Bonchev–Trinajstić information content (AvgIpc) is 3.38. The van der Waals surface area contributed by atoms with Gasteiger partial charge in [0, 0.05) is 10.8 Å². The average molecular weight is 497 g/mol. The van der Waals surface area contributed by atoms with Crippen molar-refractivity contribution in [2.45, 2.75) is 0 Å². The number of rotatable bonds is 3. The molecule has 0 fully saturated rings. The first-order valence-electron chi connectivity index (χ1n) is 13.4. The molecule has 1 aromatic heterocycles. The molecule has 1 heterocycles. The summed E-state index contributed by atoms with van der Waals surface area (Å²) < 4.78 is 6.15. The number of hydrogen-bond acceptors (Lipinski definition) is 1. The van der Waals surface area contributed by atoms with Crippen LogP contribution in [0.15, 0.2) is 150 Å². The smallest absolute Gasteiger partial charge is 0.135 e. The lowest BCUT2D eigenvalue weighted by atomic mass is 9.83. The van der Waals surface area contributed by atoms with Crippen molar-refractivity contribution in [3.8, 4) is 33.4 Å². The van der Waals surface area contributed by atoms with Gasteiger partial charge >= 0.3 is 0 Å². The first-order valence-corrected chi connectivity index (χ1v) is 13.4. The van der Waals surface area contributed by atoms with Gasteiger partial charge in [-0.2, -0.15) is 0 Å². The second-order valence-electron chi connectivity index (χ2n) is 10.1. The Hall–Kier alpha value is -5.14. The Bertz CT molecular complexity index is 2110. The summed E-state index contributed by atoms with van der Waals surface area (Å²) in [4.78, 5) is 0. The van der Waals surface area contributed by atoms with E-state index in [4.69, 9.17) is 4.42 Å². The van der Waals surface area contributed by atoms with Crippen molar-refractivity contribution < 1.29 is 4.42 Å². The van der Waals surface area contributed by atoms with E-state index in [1.807, 2.05) is 12.1 Å². The number of hydrogen-bond donors (Lipinski definition) is 0. The molecule has 0 unspecified atom stereocenters. The molecule has 0 atom stereocenters. The predicted octanol–water partition coefficient (Wildman–Crippen LogP) is 10.9. The highest BCUT2D eigenvalue weighted by molar-refractivity contribution is 6.23. The molecule has 182 valence electrons. The lowest BCUT2D eigenvalue weighted by Gasteiger charge is -2.19. The van der Waals surface area contributed by atoms with Crippen molar-refractivity contribution in [3.05, 3.63) is 146 Å². The van der Waals surface area contributed by atoms with E-state index in [0.29, 0.717) is 0 Å². The van der Waals surface area contributed by atoms with Gasteiger partial charge in [-0.15, -0.1) is 0 Å². The molecule has 8 rings (SSSR count). The van der Waals surface area contributed by atoms with Crippen molar-refractivity contribution in [3.63, 3.8) is 0 Å². The topological polar surface area (TPSA) is 13.1 Å². The van der Waals surface area contributed by atoms with Crippen LogP contribution in [-0.2, 0) is 0 Å². The molecule has 0 saturated heterocycles. The molecule has 7 aromatic carbocycles. The molecule has 0 N–H and O–H groups in total. The highest BCUT2D eigenvalue weighted by atomic mass is 16.3. The van der Waals surface area contributed by atoms with Crippen LogP contribution < -0.4 is 0 Å². The summed E-state index contributed by atoms with van der Waals surface area (Å²) in [5.74, 6) is 0. The number of fused-ring (bicyclic) bond motifs is 5. The summed E-state index contributed by atoms with van der Waals surface area (Å²) >= 11 is 0. The van der Waals surface area contributed by atoms with Gasteiger partial charge in [0.05, 0.1) is 0 Å². The van der Waals surface area contributed by atoms with E-state index >= 15 is 0 Å². The fraction of sp³-hybridized carbons (Fsp3) is 0. The third kappa shape index (κ3) is 3.41. The monoisotopic (exact) mass is 496 g/mol.